The van der Waals surface area contributed by atoms with Crippen molar-refractivity contribution in [2.45, 2.75) is 38.7 Å². The topological polar surface area (TPSA) is 68.3 Å². The summed E-state index contributed by atoms with van der Waals surface area (Å²) in [4.78, 5) is 28.6. The Labute approximate surface area is 146 Å². The lowest BCUT2D eigenvalue weighted by molar-refractivity contribution is 0.0524. The predicted molar refractivity (Wildman–Crippen MR) is 94.5 cm³/mol. The second-order valence-corrected chi connectivity index (χ2v) is 7.28. The maximum Gasteiger partial charge on any atom is 0.407 e. The van der Waals surface area contributed by atoms with Crippen LogP contribution >= 0.6 is 11.3 Å². The highest BCUT2D eigenvalue weighted by molar-refractivity contribution is 7.11. The molecule has 1 amide bonds. The van der Waals surface area contributed by atoms with Gasteiger partial charge in [0.15, 0.2) is 10.8 Å². The molecule has 2 rings (SSSR count). The van der Waals surface area contributed by atoms with Crippen molar-refractivity contribution in [1.29, 1.82) is 0 Å². The first kappa shape index (κ1) is 18.1. The molecule has 5 nitrogen and oxygen atoms in total. The van der Waals surface area contributed by atoms with Crippen molar-refractivity contribution in [2.75, 3.05) is 6.54 Å². The van der Waals surface area contributed by atoms with Crippen LogP contribution in [0.5, 0.6) is 0 Å². The van der Waals surface area contributed by atoms with Crippen LogP contribution < -0.4 is 5.32 Å². The number of nitrogens with one attached hydrogen (secondary N) is 1. The number of ketones is 1. The molecule has 128 valence electrons. The van der Waals surface area contributed by atoms with Gasteiger partial charge in [-0.3, -0.25) is 4.79 Å². The lowest BCUT2D eigenvalue weighted by Crippen LogP contribution is -2.33. The number of rotatable bonds is 6. The minimum atomic E-state index is -0.542. The van der Waals surface area contributed by atoms with Gasteiger partial charge in [-0.15, -0.1) is 11.3 Å². The smallest absolute Gasteiger partial charge is 0.407 e. The average molecular weight is 346 g/mol. The normalized spacial score (nSPS) is 12.5. The van der Waals surface area contributed by atoms with Crippen LogP contribution in [0.15, 0.2) is 41.9 Å². The third-order valence-corrected chi connectivity index (χ3v) is 4.05. The van der Waals surface area contributed by atoms with Crippen LogP contribution in [0.3, 0.4) is 0 Å². The standard InChI is InChI=1S/C18H22N2O3S/c1-18(2,3)23-17(22)20-10-9-14(13-7-5-4-6-8-13)15(21)16-19-11-12-24-16/h4-8,11-12,14H,9-10H2,1-3H3,(H,20,22)/t14-/m0/s1. The van der Waals surface area contributed by atoms with Crippen LogP contribution in [0.4, 0.5) is 4.79 Å². The Balaban J connectivity index is 2.02. The summed E-state index contributed by atoms with van der Waals surface area (Å²) in [7, 11) is 0. The number of benzene rings is 1. The number of hydrogen-bond acceptors (Lipinski definition) is 5. The summed E-state index contributed by atoms with van der Waals surface area (Å²) in [6.07, 6.45) is 1.64. The zero-order valence-corrected chi connectivity index (χ0v) is 14.9. The Morgan fingerprint density at radius 1 is 1.25 bits per heavy atom. The molecule has 1 aromatic heterocycles. The summed E-state index contributed by atoms with van der Waals surface area (Å²) in [5, 5.41) is 4.98. The van der Waals surface area contributed by atoms with Gasteiger partial charge in [0.25, 0.3) is 0 Å². The van der Waals surface area contributed by atoms with Crippen molar-refractivity contribution in [1.82, 2.24) is 10.3 Å². The number of hydrogen-bond donors (Lipinski definition) is 1. The molecule has 0 spiro atoms. The van der Waals surface area contributed by atoms with E-state index in [0.29, 0.717) is 18.0 Å². The number of alkyl carbamates (subject to hydrolysis) is 1. The molecule has 0 saturated heterocycles. The van der Waals surface area contributed by atoms with Crippen molar-refractivity contribution in [3.63, 3.8) is 0 Å². The summed E-state index contributed by atoms with van der Waals surface area (Å²) in [5.74, 6) is -0.366. The number of carbonyl (C=O) groups excluding carboxylic acids is 2. The van der Waals surface area contributed by atoms with Gasteiger partial charge in [0, 0.05) is 18.1 Å². The maximum atomic E-state index is 12.7. The van der Waals surface area contributed by atoms with E-state index < -0.39 is 11.7 Å². The number of thiazole rings is 1. The Bertz CT molecular complexity index is 663. The number of Topliss-reactive ketones (excluding diaryl/α,β-unsaturated/α-hetero) is 1. The molecule has 0 radical (unpaired) electrons. The average Bonchev–Trinajstić information content (AvgIpc) is 3.04. The fraction of sp³-hybridized carbons (Fsp3) is 0.389. The summed E-state index contributed by atoms with van der Waals surface area (Å²) >= 11 is 1.33. The Morgan fingerprint density at radius 2 is 1.96 bits per heavy atom. The monoisotopic (exact) mass is 346 g/mol. The number of amides is 1. The summed E-state index contributed by atoms with van der Waals surface area (Å²) < 4.78 is 5.21. The van der Waals surface area contributed by atoms with E-state index in [1.165, 1.54) is 11.3 Å². The SMILES string of the molecule is CC(C)(C)OC(=O)NCC[C@H](C(=O)c1nccs1)c1ccccc1. The van der Waals surface area contributed by atoms with Crippen molar-refractivity contribution >= 4 is 23.2 Å². The Hall–Kier alpha value is -2.21. The molecular formula is C18H22N2O3S. The van der Waals surface area contributed by atoms with Gasteiger partial charge in [0.1, 0.15) is 5.60 Å². The second-order valence-electron chi connectivity index (χ2n) is 6.38. The molecule has 1 atom stereocenters. The third-order valence-electron chi connectivity index (χ3n) is 3.26. The van der Waals surface area contributed by atoms with Crippen molar-refractivity contribution in [3.8, 4) is 0 Å². The molecule has 6 heteroatoms. The highest BCUT2D eigenvalue weighted by atomic mass is 32.1. The highest BCUT2D eigenvalue weighted by Gasteiger charge is 2.24. The van der Waals surface area contributed by atoms with Crippen molar-refractivity contribution < 1.29 is 14.3 Å². The molecule has 2 aromatic rings. The molecule has 24 heavy (non-hydrogen) atoms. The number of carbonyl (C=O) groups is 2. The van der Waals surface area contributed by atoms with Crippen LogP contribution in [-0.4, -0.2) is 29.0 Å². The van der Waals surface area contributed by atoms with E-state index in [-0.39, 0.29) is 11.7 Å². The maximum absolute atomic E-state index is 12.7. The summed E-state index contributed by atoms with van der Waals surface area (Å²) in [6.45, 7) is 5.79. The highest BCUT2D eigenvalue weighted by Crippen LogP contribution is 2.25. The molecule has 1 N–H and O–H groups in total. The largest absolute Gasteiger partial charge is 0.444 e. The van der Waals surface area contributed by atoms with E-state index in [2.05, 4.69) is 10.3 Å². The molecule has 0 unspecified atom stereocenters. The van der Waals surface area contributed by atoms with Gasteiger partial charge in [-0.05, 0) is 32.8 Å². The number of ether oxygens (including phenoxy) is 1. The van der Waals surface area contributed by atoms with E-state index in [0.717, 1.165) is 5.56 Å². The van der Waals surface area contributed by atoms with Gasteiger partial charge in [-0.2, -0.15) is 0 Å². The Morgan fingerprint density at radius 3 is 2.54 bits per heavy atom. The third kappa shape index (κ3) is 5.45. The first-order valence-electron chi connectivity index (χ1n) is 7.82. The quantitative estimate of drug-likeness (QED) is 0.802. The molecule has 0 aliphatic carbocycles. The van der Waals surface area contributed by atoms with Crippen LogP contribution in [-0.2, 0) is 4.74 Å². The first-order chi connectivity index (χ1) is 11.4. The molecular weight excluding hydrogens is 324 g/mol. The second kappa shape index (κ2) is 8.06. The molecule has 0 fully saturated rings. The fourth-order valence-electron chi connectivity index (χ4n) is 2.26. The van der Waals surface area contributed by atoms with Gasteiger partial charge in [0.05, 0.1) is 5.92 Å². The molecule has 1 aromatic carbocycles. The van der Waals surface area contributed by atoms with E-state index >= 15 is 0 Å². The zero-order valence-electron chi connectivity index (χ0n) is 14.1. The van der Waals surface area contributed by atoms with Gasteiger partial charge >= 0.3 is 6.09 Å². The minimum absolute atomic E-state index is 0.0258. The summed E-state index contributed by atoms with van der Waals surface area (Å²) in [6, 6.07) is 9.55. The van der Waals surface area contributed by atoms with Gasteiger partial charge < -0.3 is 10.1 Å². The van der Waals surface area contributed by atoms with Gasteiger partial charge in [-0.25, -0.2) is 9.78 Å². The fourth-order valence-corrected chi connectivity index (χ4v) is 2.89. The first-order valence-corrected chi connectivity index (χ1v) is 8.70. The lowest BCUT2D eigenvalue weighted by atomic mass is 9.91. The van der Waals surface area contributed by atoms with E-state index in [9.17, 15) is 9.59 Å². The van der Waals surface area contributed by atoms with E-state index in [4.69, 9.17) is 4.74 Å². The lowest BCUT2D eigenvalue weighted by Gasteiger charge is -2.20. The van der Waals surface area contributed by atoms with Crippen LogP contribution in [0, 0.1) is 0 Å². The molecule has 1 heterocycles. The van der Waals surface area contributed by atoms with Crippen molar-refractivity contribution in [2.24, 2.45) is 0 Å². The summed E-state index contributed by atoms with van der Waals surface area (Å²) in [5.41, 5.74) is 0.378. The molecule has 0 saturated carbocycles. The van der Waals surface area contributed by atoms with Gasteiger partial charge in [-0.1, -0.05) is 30.3 Å². The zero-order chi connectivity index (χ0) is 17.6. The number of nitrogens with zero attached hydrogens (tertiary/aromatic N) is 1. The minimum Gasteiger partial charge on any atom is -0.444 e. The molecule has 0 aliphatic heterocycles. The van der Waals surface area contributed by atoms with Crippen LogP contribution in [0.1, 0.15) is 48.5 Å². The van der Waals surface area contributed by atoms with Crippen LogP contribution in [0.2, 0.25) is 0 Å². The number of aromatic nitrogens is 1. The Kier molecular flexibility index (Phi) is 6.09. The van der Waals surface area contributed by atoms with E-state index in [1.54, 1.807) is 11.6 Å². The predicted octanol–water partition coefficient (Wildman–Crippen LogP) is 4.02. The van der Waals surface area contributed by atoms with Gasteiger partial charge in [0.2, 0.25) is 0 Å². The molecule has 0 aliphatic rings. The van der Waals surface area contributed by atoms with E-state index in [1.807, 2.05) is 51.1 Å². The van der Waals surface area contributed by atoms with Crippen molar-refractivity contribution in [3.05, 3.63) is 52.5 Å². The van der Waals surface area contributed by atoms with Crippen LogP contribution in [0.25, 0.3) is 0 Å². The molecule has 0 bridgehead atoms.